The maximum Gasteiger partial charge on any atom is 0.224 e. The summed E-state index contributed by atoms with van der Waals surface area (Å²) in [4.78, 5) is 11.8. The Labute approximate surface area is 119 Å². The van der Waals surface area contributed by atoms with Crippen LogP contribution in [0.2, 0.25) is 0 Å². The Kier molecular flexibility index (Phi) is 7.95. The molecular formula is C13H21ClN2O3. The van der Waals surface area contributed by atoms with E-state index in [0.29, 0.717) is 18.0 Å². The van der Waals surface area contributed by atoms with Gasteiger partial charge in [0.15, 0.2) is 0 Å². The number of nitrogens with one attached hydrogen (secondary N) is 1. The molecule has 19 heavy (non-hydrogen) atoms. The number of hydrogen-bond acceptors (Lipinski definition) is 4. The molecule has 0 saturated carbocycles. The number of methoxy groups -OCH3 is 2. The predicted molar refractivity (Wildman–Crippen MR) is 77.2 cm³/mol. The predicted octanol–water partition coefficient (Wildman–Crippen LogP) is 1.13. The minimum absolute atomic E-state index is 0. The van der Waals surface area contributed by atoms with E-state index < -0.39 is 0 Å². The first-order chi connectivity index (χ1) is 8.60. The van der Waals surface area contributed by atoms with E-state index in [1.54, 1.807) is 32.4 Å². The minimum atomic E-state index is -0.0838. The summed E-state index contributed by atoms with van der Waals surface area (Å²) in [5.41, 5.74) is 6.25. The van der Waals surface area contributed by atoms with Gasteiger partial charge in [-0.05, 0) is 25.1 Å². The molecule has 0 bridgehead atoms. The Bertz CT molecular complexity index is 413. The lowest BCUT2D eigenvalue weighted by atomic mass is 10.1. The molecule has 1 amide bonds. The van der Waals surface area contributed by atoms with E-state index in [1.165, 1.54) is 0 Å². The van der Waals surface area contributed by atoms with Gasteiger partial charge in [-0.2, -0.15) is 0 Å². The smallest absolute Gasteiger partial charge is 0.224 e. The van der Waals surface area contributed by atoms with Crippen LogP contribution in [0.25, 0.3) is 0 Å². The highest BCUT2D eigenvalue weighted by atomic mass is 35.5. The molecule has 0 saturated heterocycles. The van der Waals surface area contributed by atoms with Crippen molar-refractivity contribution in [3.8, 4) is 11.5 Å². The van der Waals surface area contributed by atoms with E-state index >= 15 is 0 Å². The van der Waals surface area contributed by atoms with Gasteiger partial charge in [0, 0.05) is 18.2 Å². The lowest BCUT2D eigenvalue weighted by Gasteiger charge is -2.13. The van der Waals surface area contributed by atoms with Gasteiger partial charge in [-0.15, -0.1) is 12.4 Å². The largest absolute Gasteiger partial charge is 0.497 e. The molecule has 0 spiro atoms. The van der Waals surface area contributed by atoms with Crippen LogP contribution in [-0.4, -0.2) is 32.7 Å². The molecule has 0 fully saturated rings. The van der Waals surface area contributed by atoms with Gasteiger partial charge >= 0.3 is 0 Å². The zero-order chi connectivity index (χ0) is 13.5. The highest BCUT2D eigenvalue weighted by Crippen LogP contribution is 2.24. The molecule has 108 valence electrons. The molecule has 0 aromatic heterocycles. The van der Waals surface area contributed by atoms with Gasteiger partial charge in [0.2, 0.25) is 5.91 Å². The number of ether oxygens (including phenoxy) is 2. The van der Waals surface area contributed by atoms with Gasteiger partial charge < -0.3 is 20.5 Å². The fraction of sp³-hybridized carbons (Fsp3) is 0.462. The van der Waals surface area contributed by atoms with Crippen molar-refractivity contribution >= 4 is 18.3 Å². The molecule has 1 atom stereocenters. The summed E-state index contributed by atoms with van der Waals surface area (Å²) in [6, 6.07) is 5.34. The number of amides is 1. The van der Waals surface area contributed by atoms with E-state index in [0.717, 1.165) is 5.56 Å². The summed E-state index contributed by atoms with van der Waals surface area (Å²) >= 11 is 0. The molecule has 0 aliphatic carbocycles. The third kappa shape index (κ3) is 5.36. The van der Waals surface area contributed by atoms with Crippen molar-refractivity contribution in [1.82, 2.24) is 5.32 Å². The summed E-state index contributed by atoms with van der Waals surface area (Å²) in [6.07, 6.45) is 0.241. The van der Waals surface area contributed by atoms with Crippen LogP contribution in [0.5, 0.6) is 11.5 Å². The molecule has 1 rings (SSSR count). The van der Waals surface area contributed by atoms with E-state index in [-0.39, 0.29) is 30.8 Å². The second kappa shape index (κ2) is 8.61. The monoisotopic (exact) mass is 288 g/mol. The molecule has 0 radical (unpaired) electrons. The number of carbonyl (C=O) groups excluding carboxylic acids is 1. The molecule has 0 aliphatic rings. The molecule has 3 N–H and O–H groups in total. The van der Waals surface area contributed by atoms with Crippen molar-refractivity contribution < 1.29 is 14.3 Å². The van der Waals surface area contributed by atoms with E-state index in [9.17, 15) is 4.79 Å². The van der Waals surface area contributed by atoms with Crippen molar-refractivity contribution in [2.24, 2.45) is 5.73 Å². The summed E-state index contributed by atoms with van der Waals surface area (Å²) in [5.74, 6) is 1.29. The fourth-order valence-corrected chi connectivity index (χ4v) is 1.58. The van der Waals surface area contributed by atoms with Crippen molar-refractivity contribution in [1.29, 1.82) is 0 Å². The van der Waals surface area contributed by atoms with Gasteiger partial charge in [-0.3, -0.25) is 4.79 Å². The Morgan fingerprint density at radius 2 is 2.05 bits per heavy atom. The topological polar surface area (TPSA) is 73.6 Å². The first-order valence-corrected chi connectivity index (χ1v) is 5.81. The number of carbonyl (C=O) groups is 1. The Morgan fingerprint density at radius 3 is 2.58 bits per heavy atom. The van der Waals surface area contributed by atoms with Crippen LogP contribution in [0.15, 0.2) is 18.2 Å². The van der Waals surface area contributed by atoms with Crippen LogP contribution in [0.1, 0.15) is 12.5 Å². The Morgan fingerprint density at radius 1 is 1.37 bits per heavy atom. The molecule has 0 aliphatic heterocycles. The third-order valence-electron chi connectivity index (χ3n) is 2.60. The van der Waals surface area contributed by atoms with Gasteiger partial charge in [0.1, 0.15) is 11.5 Å². The van der Waals surface area contributed by atoms with Gasteiger partial charge in [0.25, 0.3) is 0 Å². The van der Waals surface area contributed by atoms with Crippen LogP contribution in [-0.2, 0) is 11.2 Å². The quantitative estimate of drug-likeness (QED) is 0.823. The highest BCUT2D eigenvalue weighted by molar-refractivity contribution is 5.85. The van der Waals surface area contributed by atoms with E-state index in [4.69, 9.17) is 15.2 Å². The summed E-state index contributed by atoms with van der Waals surface area (Å²) in [6.45, 7) is 2.28. The second-order valence-electron chi connectivity index (χ2n) is 4.06. The number of rotatable bonds is 6. The van der Waals surface area contributed by atoms with Crippen LogP contribution < -0.4 is 20.5 Å². The number of benzene rings is 1. The van der Waals surface area contributed by atoms with Crippen LogP contribution in [0.4, 0.5) is 0 Å². The number of hydrogen-bond donors (Lipinski definition) is 2. The molecule has 0 unspecified atom stereocenters. The molecule has 6 heteroatoms. The molecular weight excluding hydrogens is 268 g/mol. The van der Waals surface area contributed by atoms with Crippen molar-refractivity contribution in [3.63, 3.8) is 0 Å². The van der Waals surface area contributed by atoms with Gasteiger partial charge in [-0.25, -0.2) is 0 Å². The number of nitrogens with two attached hydrogens (primary N) is 1. The molecule has 1 aromatic carbocycles. The lowest BCUT2D eigenvalue weighted by Crippen LogP contribution is -2.38. The fourth-order valence-electron chi connectivity index (χ4n) is 1.58. The first-order valence-electron chi connectivity index (χ1n) is 5.81. The first kappa shape index (κ1) is 17.5. The van der Waals surface area contributed by atoms with Crippen LogP contribution in [0.3, 0.4) is 0 Å². The van der Waals surface area contributed by atoms with E-state index in [1.807, 2.05) is 6.92 Å². The zero-order valence-corrected chi connectivity index (χ0v) is 12.3. The van der Waals surface area contributed by atoms with E-state index in [2.05, 4.69) is 5.32 Å². The highest BCUT2D eigenvalue weighted by Gasteiger charge is 2.11. The third-order valence-corrected chi connectivity index (χ3v) is 2.60. The maximum atomic E-state index is 11.8. The normalized spacial score (nSPS) is 11.2. The average molecular weight is 289 g/mol. The zero-order valence-electron chi connectivity index (χ0n) is 11.4. The van der Waals surface area contributed by atoms with Crippen LogP contribution >= 0.6 is 12.4 Å². The van der Waals surface area contributed by atoms with Crippen molar-refractivity contribution in [3.05, 3.63) is 23.8 Å². The van der Waals surface area contributed by atoms with Gasteiger partial charge in [-0.1, -0.05) is 0 Å². The maximum absolute atomic E-state index is 11.8. The van der Waals surface area contributed by atoms with Crippen LogP contribution in [0, 0.1) is 0 Å². The Hall–Kier alpha value is -1.46. The molecule has 1 aromatic rings. The molecule has 0 heterocycles. The minimum Gasteiger partial charge on any atom is -0.497 e. The number of halogens is 1. The summed E-state index contributed by atoms with van der Waals surface area (Å²) < 4.78 is 10.3. The standard InChI is InChI=1S/C13H20N2O3.ClH/c1-9(8-14)15-13(16)7-10-6-11(17-2)4-5-12(10)18-3;/h4-6,9H,7-8,14H2,1-3H3,(H,15,16);1H/t9-;/m0./s1. The summed E-state index contributed by atoms with van der Waals surface area (Å²) in [7, 11) is 3.16. The SMILES string of the molecule is COc1ccc(OC)c(CC(=O)N[C@@H](C)CN)c1.Cl. The van der Waals surface area contributed by atoms with Crippen molar-refractivity contribution in [2.45, 2.75) is 19.4 Å². The lowest BCUT2D eigenvalue weighted by molar-refractivity contribution is -0.121. The van der Waals surface area contributed by atoms with Gasteiger partial charge in [0.05, 0.1) is 20.6 Å². The van der Waals surface area contributed by atoms with Crippen molar-refractivity contribution in [2.75, 3.05) is 20.8 Å². The Balaban J connectivity index is 0.00000324. The molecule has 5 nitrogen and oxygen atoms in total. The second-order valence-corrected chi connectivity index (χ2v) is 4.06. The average Bonchev–Trinajstić information content (AvgIpc) is 2.38. The summed E-state index contributed by atoms with van der Waals surface area (Å²) in [5, 5.41) is 2.81.